The number of carbonyl (C=O) groups is 1. The van der Waals surface area contributed by atoms with E-state index in [9.17, 15) is 14.9 Å². The number of hydrogen-bond acceptors (Lipinski definition) is 3. The number of halogens is 1. The molecule has 0 atom stereocenters. The molecule has 1 aliphatic rings. The molecule has 0 radical (unpaired) electrons. The molecule has 0 aliphatic heterocycles. The maximum atomic E-state index is 12.2. The van der Waals surface area contributed by atoms with Crippen LogP contribution in [0, 0.1) is 16.0 Å². The van der Waals surface area contributed by atoms with Gasteiger partial charge in [0.15, 0.2) is 0 Å². The Labute approximate surface area is 122 Å². The molecule has 0 aromatic heterocycles. The molecule has 1 saturated carbocycles. The third-order valence-corrected chi connectivity index (χ3v) is 4.10. The molecule has 1 aliphatic carbocycles. The summed E-state index contributed by atoms with van der Waals surface area (Å²) < 4.78 is 0. The summed E-state index contributed by atoms with van der Waals surface area (Å²) in [7, 11) is 1.72. The normalized spacial score (nSPS) is 15.3. The molecule has 0 unspecified atom stereocenters. The molecule has 1 amide bonds. The third kappa shape index (κ3) is 3.28. The summed E-state index contributed by atoms with van der Waals surface area (Å²) in [5.41, 5.74) is 0.598. The van der Waals surface area contributed by atoms with E-state index in [1.165, 1.54) is 18.2 Å². The number of nitro groups is 1. The topological polar surface area (TPSA) is 63.4 Å². The van der Waals surface area contributed by atoms with Gasteiger partial charge in [0.25, 0.3) is 5.69 Å². The molecular formula is C14H17ClN2O3. The molecule has 1 aromatic rings. The Hall–Kier alpha value is -1.62. The molecule has 0 spiro atoms. The Balaban J connectivity index is 2.10. The number of nitrogens with zero attached hydrogens (tertiary/aromatic N) is 2. The van der Waals surface area contributed by atoms with Gasteiger partial charge in [0.1, 0.15) is 0 Å². The molecular weight excluding hydrogens is 280 g/mol. The highest BCUT2D eigenvalue weighted by Gasteiger charge is 2.26. The maximum Gasteiger partial charge on any atom is 0.269 e. The van der Waals surface area contributed by atoms with Crippen molar-refractivity contribution >= 4 is 23.2 Å². The second-order valence-electron chi connectivity index (χ2n) is 5.21. The van der Waals surface area contributed by atoms with Crippen LogP contribution in [0.2, 0.25) is 5.02 Å². The quantitative estimate of drug-likeness (QED) is 0.632. The number of rotatable bonds is 4. The third-order valence-electron chi connectivity index (χ3n) is 3.73. The number of nitro benzene ring substituents is 1. The van der Waals surface area contributed by atoms with Crippen molar-refractivity contribution in [1.29, 1.82) is 0 Å². The van der Waals surface area contributed by atoms with Gasteiger partial charge in [0.2, 0.25) is 5.91 Å². The van der Waals surface area contributed by atoms with Crippen molar-refractivity contribution in [2.24, 2.45) is 5.92 Å². The zero-order chi connectivity index (χ0) is 14.7. The van der Waals surface area contributed by atoms with Gasteiger partial charge in [0, 0.05) is 36.7 Å². The average molecular weight is 297 g/mol. The number of benzene rings is 1. The van der Waals surface area contributed by atoms with Crippen LogP contribution in [0.4, 0.5) is 5.69 Å². The SMILES string of the molecule is CN(Cc1cc([N+](=O)[O-])ccc1Cl)C(=O)C1CCCC1. The van der Waals surface area contributed by atoms with Crippen molar-refractivity contribution in [1.82, 2.24) is 4.90 Å². The Morgan fingerprint density at radius 2 is 2.10 bits per heavy atom. The highest BCUT2D eigenvalue weighted by molar-refractivity contribution is 6.31. The van der Waals surface area contributed by atoms with Gasteiger partial charge in [-0.25, -0.2) is 0 Å². The summed E-state index contributed by atoms with van der Waals surface area (Å²) >= 11 is 6.05. The van der Waals surface area contributed by atoms with Gasteiger partial charge in [-0.3, -0.25) is 14.9 Å². The molecule has 0 heterocycles. The number of hydrogen-bond donors (Lipinski definition) is 0. The van der Waals surface area contributed by atoms with Crippen LogP contribution in [0.1, 0.15) is 31.2 Å². The minimum atomic E-state index is -0.460. The van der Waals surface area contributed by atoms with E-state index in [4.69, 9.17) is 11.6 Å². The average Bonchev–Trinajstić information content (AvgIpc) is 2.94. The monoisotopic (exact) mass is 296 g/mol. The van der Waals surface area contributed by atoms with Crippen LogP contribution in [0.25, 0.3) is 0 Å². The first-order valence-electron chi connectivity index (χ1n) is 6.67. The lowest BCUT2D eigenvalue weighted by molar-refractivity contribution is -0.384. The number of amides is 1. The van der Waals surface area contributed by atoms with Gasteiger partial charge < -0.3 is 4.90 Å². The number of carbonyl (C=O) groups excluding carboxylic acids is 1. The first-order chi connectivity index (χ1) is 9.49. The summed E-state index contributed by atoms with van der Waals surface area (Å²) in [5.74, 6) is 0.197. The molecule has 108 valence electrons. The highest BCUT2D eigenvalue weighted by atomic mass is 35.5. The fourth-order valence-electron chi connectivity index (χ4n) is 2.61. The highest BCUT2D eigenvalue weighted by Crippen LogP contribution is 2.28. The van der Waals surface area contributed by atoms with E-state index in [0.29, 0.717) is 17.1 Å². The Kier molecular flexibility index (Phi) is 4.60. The van der Waals surface area contributed by atoms with E-state index >= 15 is 0 Å². The van der Waals surface area contributed by atoms with Crippen LogP contribution in [-0.4, -0.2) is 22.8 Å². The van der Waals surface area contributed by atoms with Gasteiger partial charge in [0.05, 0.1) is 4.92 Å². The molecule has 20 heavy (non-hydrogen) atoms. The zero-order valence-electron chi connectivity index (χ0n) is 11.3. The van der Waals surface area contributed by atoms with Crippen LogP contribution in [0.3, 0.4) is 0 Å². The summed E-state index contributed by atoms with van der Waals surface area (Å²) in [6.45, 7) is 0.301. The largest absolute Gasteiger partial charge is 0.341 e. The number of non-ortho nitro benzene ring substituents is 1. The van der Waals surface area contributed by atoms with Gasteiger partial charge >= 0.3 is 0 Å². The predicted molar refractivity (Wildman–Crippen MR) is 76.5 cm³/mol. The molecule has 0 saturated heterocycles. The van der Waals surface area contributed by atoms with Crippen molar-refractivity contribution in [2.75, 3.05) is 7.05 Å². The Morgan fingerprint density at radius 3 is 2.70 bits per heavy atom. The molecule has 1 aromatic carbocycles. The van der Waals surface area contributed by atoms with Crippen molar-refractivity contribution in [2.45, 2.75) is 32.2 Å². The first-order valence-corrected chi connectivity index (χ1v) is 7.04. The van der Waals surface area contributed by atoms with Crippen LogP contribution < -0.4 is 0 Å². The fraction of sp³-hybridized carbons (Fsp3) is 0.500. The van der Waals surface area contributed by atoms with Crippen molar-refractivity contribution in [3.63, 3.8) is 0 Å². The standard InChI is InChI=1S/C14H17ClN2O3/c1-16(14(18)10-4-2-3-5-10)9-11-8-12(17(19)20)6-7-13(11)15/h6-8,10H,2-5,9H2,1H3. The van der Waals surface area contributed by atoms with Crippen LogP contribution in [0.5, 0.6) is 0 Å². The summed E-state index contributed by atoms with van der Waals surface area (Å²) in [5, 5.41) is 11.2. The van der Waals surface area contributed by atoms with E-state index in [1.807, 2.05) is 0 Å². The molecule has 0 bridgehead atoms. The van der Waals surface area contributed by atoms with E-state index in [1.54, 1.807) is 11.9 Å². The Bertz CT molecular complexity index is 527. The van der Waals surface area contributed by atoms with Crippen LogP contribution >= 0.6 is 11.6 Å². The van der Waals surface area contributed by atoms with E-state index in [2.05, 4.69) is 0 Å². The predicted octanol–water partition coefficient (Wildman–Crippen LogP) is 3.40. The van der Waals surface area contributed by atoms with Gasteiger partial charge in [-0.15, -0.1) is 0 Å². The first kappa shape index (κ1) is 14.8. The maximum absolute atomic E-state index is 12.2. The van der Waals surface area contributed by atoms with Gasteiger partial charge in [-0.2, -0.15) is 0 Å². The van der Waals surface area contributed by atoms with Gasteiger partial charge in [-0.05, 0) is 24.5 Å². The van der Waals surface area contributed by atoms with E-state index in [-0.39, 0.29) is 17.5 Å². The molecule has 0 N–H and O–H groups in total. The summed E-state index contributed by atoms with van der Waals surface area (Å²) in [6, 6.07) is 4.30. The van der Waals surface area contributed by atoms with Crippen molar-refractivity contribution in [3.8, 4) is 0 Å². The fourth-order valence-corrected chi connectivity index (χ4v) is 2.79. The lowest BCUT2D eigenvalue weighted by atomic mass is 10.1. The molecule has 1 fully saturated rings. The second-order valence-corrected chi connectivity index (χ2v) is 5.62. The van der Waals surface area contributed by atoms with Crippen LogP contribution in [-0.2, 0) is 11.3 Å². The van der Waals surface area contributed by atoms with E-state index in [0.717, 1.165) is 25.7 Å². The Morgan fingerprint density at radius 1 is 1.45 bits per heavy atom. The van der Waals surface area contributed by atoms with Crippen molar-refractivity contribution < 1.29 is 9.72 Å². The summed E-state index contributed by atoms with van der Waals surface area (Å²) in [4.78, 5) is 24.2. The minimum Gasteiger partial charge on any atom is -0.341 e. The van der Waals surface area contributed by atoms with Crippen molar-refractivity contribution in [3.05, 3.63) is 38.9 Å². The van der Waals surface area contributed by atoms with Gasteiger partial charge in [-0.1, -0.05) is 24.4 Å². The molecule has 5 nitrogen and oxygen atoms in total. The molecule has 2 rings (SSSR count). The summed E-state index contributed by atoms with van der Waals surface area (Å²) in [6.07, 6.45) is 4.07. The lowest BCUT2D eigenvalue weighted by Crippen LogP contribution is -2.31. The lowest BCUT2D eigenvalue weighted by Gasteiger charge is -2.21. The second kappa shape index (κ2) is 6.22. The smallest absolute Gasteiger partial charge is 0.269 e. The minimum absolute atomic E-state index is 0.00823. The van der Waals surface area contributed by atoms with Crippen LogP contribution in [0.15, 0.2) is 18.2 Å². The molecule has 6 heteroatoms. The van der Waals surface area contributed by atoms with E-state index < -0.39 is 4.92 Å². The zero-order valence-corrected chi connectivity index (χ0v) is 12.1.